The molecule has 2 unspecified atom stereocenters. The van der Waals surface area contributed by atoms with Crippen molar-refractivity contribution in [2.24, 2.45) is 5.92 Å². The lowest BCUT2D eigenvalue weighted by Gasteiger charge is -2.36. The standard InChI is InChI=1S/C16H26N4O/c1-12(2)21-16-10-17-9-15(19-16)20-8-4-5-13(11-20)14-6-3-7-18-14/h9-10,12-14,18H,3-8,11H2,1-2H3. The van der Waals surface area contributed by atoms with Gasteiger partial charge in [-0.25, -0.2) is 0 Å². The van der Waals surface area contributed by atoms with Gasteiger partial charge in [0.15, 0.2) is 5.82 Å². The number of anilines is 1. The van der Waals surface area contributed by atoms with Crippen molar-refractivity contribution < 1.29 is 4.74 Å². The maximum atomic E-state index is 5.66. The fourth-order valence-corrected chi connectivity index (χ4v) is 3.45. The molecule has 2 saturated heterocycles. The molecule has 1 N–H and O–H groups in total. The van der Waals surface area contributed by atoms with Crippen LogP contribution in [-0.4, -0.2) is 41.7 Å². The Morgan fingerprint density at radius 2 is 2.19 bits per heavy atom. The highest BCUT2D eigenvalue weighted by Gasteiger charge is 2.29. The van der Waals surface area contributed by atoms with Crippen LogP contribution >= 0.6 is 0 Å². The molecule has 0 amide bonds. The molecule has 0 saturated carbocycles. The van der Waals surface area contributed by atoms with Crippen molar-refractivity contribution in [1.29, 1.82) is 0 Å². The highest BCUT2D eigenvalue weighted by atomic mass is 16.5. The van der Waals surface area contributed by atoms with Crippen molar-refractivity contribution in [2.75, 3.05) is 24.5 Å². The molecule has 21 heavy (non-hydrogen) atoms. The molecule has 2 fully saturated rings. The first-order valence-electron chi connectivity index (χ1n) is 8.19. The molecule has 0 radical (unpaired) electrons. The second-order valence-corrected chi connectivity index (χ2v) is 6.43. The molecule has 116 valence electrons. The maximum Gasteiger partial charge on any atom is 0.234 e. The average Bonchev–Trinajstić information content (AvgIpc) is 3.01. The van der Waals surface area contributed by atoms with Gasteiger partial charge in [-0.05, 0) is 52.0 Å². The van der Waals surface area contributed by atoms with E-state index in [4.69, 9.17) is 4.74 Å². The highest BCUT2D eigenvalue weighted by molar-refractivity contribution is 5.38. The van der Waals surface area contributed by atoms with E-state index >= 15 is 0 Å². The minimum Gasteiger partial charge on any atom is -0.474 e. The number of rotatable bonds is 4. The summed E-state index contributed by atoms with van der Waals surface area (Å²) in [6.45, 7) is 7.35. The van der Waals surface area contributed by atoms with Gasteiger partial charge >= 0.3 is 0 Å². The molecule has 5 heteroatoms. The summed E-state index contributed by atoms with van der Waals surface area (Å²) in [5.74, 6) is 2.32. The van der Waals surface area contributed by atoms with Gasteiger partial charge in [0.2, 0.25) is 5.88 Å². The van der Waals surface area contributed by atoms with E-state index in [1.54, 1.807) is 6.20 Å². The molecule has 2 aliphatic rings. The number of nitrogens with zero attached hydrogens (tertiary/aromatic N) is 3. The molecule has 1 aromatic heterocycles. The van der Waals surface area contributed by atoms with E-state index in [0.29, 0.717) is 11.9 Å². The normalized spacial score (nSPS) is 26.3. The summed E-state index contributed by atoms with van der Waals surface area (Å²) in [7, 11) is 0. The van der Waals surface area contributed by atoms with E-state index in [1.807, 2.05) is 20.0 Å². The van der Waals surface area contributed by atoms with Gasteiger partial charge in [-0.1, -0.05) is 0 Å². The van der Waals surface area contributed by atoms with Gasteiger partial charge in [-0.3, -0.25) is 4.98 Å². The summed E-state index contributed by atoms with van der Waals surface area (Å²) in [6, 6.07) is 0.691. The van der Waals surface area contributed by atoms with Gasteiger partial charge in [-0.2, -0.15) is 4.98 Å². The molecule has 2 atom stereocenters. The van der Waals surface area contributed by atoms with Crippen LogP contribution in [0.25, 0.3) is 0 Å². The van der Waals surface area contributed by atoms with E-state index in [2.05, 4.69) is 20.2 Å². The second-order valence-electron chi connectivity index (χ2n) is 6.43. The third-order valence-electron chi connectivity index (χ3n) is 4.41. The smallest absolute Gasteiger partial charge is 0.234 e. The monoisotopic (exact) mass is 290 g/mol. The Kier molecular flexibility index (Phi) is 4.58. The summed E-state index contributed by atoms with van der Waals surface area (Å²) in [5, 5.41) is 3.65. The zero-order valence-corrected chi connectivity index (χ0v) is 13.1. The Bertz CT molecular complexity index is 459. The molecule has 2 aliphatic heterocycles. The third-order valence-corrected chi connectivity index (χ3v) is 4.41. The molecule has 3 heterocycles. The Hall–Kier alpha value is -1.36. The Balaban J connectivity index is 1.67. The highest BCUT2D eigenvalue weighted by Crippen LogP contribution is 2.27. The lowest BCUT2D eigenvalue weighted by molar-refractivity contribution is 0.231. The van der Waals surface area contributed by atoms with Crippen LogP contribution in [0, 0.1) is 5.92 Å². The van der Waals surface area contributed by atoms with Crippen LogP contribution in [0.5, 0.6) is 5.88 Å². The summed E-state index contributed by atoms with van der Waals surface area (Å²) >= 11 is 0. The van der Waals surface area contributed by atoms with E-state index < -0.39 is 0 Å². The minimum atomic E-state index is 0.131. The van der Waals surface area contributed by atoms with Crippen molar-refractivity contribution in [3.8, 4) is 5.88 Å². The fraction of sp³-hybridized carbons (Fsp3) is 0.750. The van der Waals surface area contributed by atoms with Crippen molar-refractivity contribution in [3.05, 3.63) is 12.4 Å². The Morgan fingerprint density at radius 1 is 1.29 bits per heavy atom. The van der Waals surface area contributed by atoms with E-state index in [-0.39, 0.29) is 6.10 Å². The van der Waals surface area contributed by atoms with E-state index in [9.17, 15) is 0 Å². The van der Waals surface area contributed by atoms with Crippen LogP contribution in [0.2, 0.25) is 0 Å². The summed E-state index contributed by atoms with van der Waals surface area (Å²) < 4.78 is 5.66. The molecule has 0 spiro atoms. The zero-order chi connectivity index (χ0) is 14.7. The van der Waals surface area contributed by atoms with E-state index in [1.165, 1.54) is 32.2 Å². The van der Waals surface area contributed by atoms with Gasteiger partial charge < -0.3 is 15.0 Å². The maximum absolute atomic E-state index is 5.66. The van der Waals surface area contributed by atoms with Crippen molar-refractivity contribution in [2.45, 2.75) is 51.7 Å². The number of aromatic nitrogens is 2. The quantitative estimate of drug-likeness (QED) is 0.921. The molecular formula is C16H26N4O. The fourth-order valence-electron chi connectivity index (χ4n) is 3.45. The number of ether oxygens (including phenoxy) is 1. The number of hydrogen-bond acceptors (Lipinski definition) is 5. The first-order valence-corrected chi connectivity index (χ1v) is 8.19. The van der Waals surface area contributed by atoms with Crippen LogP contribution < -0.4 is 15.0 Å². The van der Waals surface area contributed by atoms with Gasteiger partial charge in [0, 0.05) is 19.1 Å². The number of nitrogens with one attached hydrogen (secondary N) is 1. The SMILES string of the molecule is CC(C)Oc1cncc(N2CCCC(C3CCCN3)C2)n1. The topological polar surface area (TPSA) is 50.3 Å². The largest absolute Gasteiger partial charge is 0.474 e. The van der Waals surface area contributed by atoms with Crippen LogP contribution in [0.1, 0.15) is 39.5 Å². The molecular weight excluding hydrogens is 264 g/mol. The lowest BCUT2D eigenvalue weighted by Crippen LogP contribution is -2.43. The van der Waals surface area contributed by atoms with Crippen LogP contribution in [0.4, 0.5) is 5.82 Å². The summed E-state index contributed by atoms with van der Waals surface area (Å²) in [5.41, 5.74) is 0. The van der Waals surface area contributed by atoms with Crippen LogP contribution in [-0.2, 0) is 0 Å². The summed E-state index contributed by atoms with van der Waals surface area (Å²) in [6.07, 6.45) is 8.88. The predicted octanol–water partition coefficient (Wildman–Crippen LogP) is 2.23. The first-order chi connectivity index (χ1) is 10.2. The molecule has 0 aromatic carbocycles. The van der Waals surface area contributed by atoms with Gasteiger partial charge in [0.05, 0.1) is 18.5 Å². The van der Waals surface area contributed by atoms with Gasteiger partial charge in [-0.15, -0.1) is 0 Å². The van der Waals surface area contributed by atoms with Crippen molar-refractivity contribution >= 4 is 5.82 Å². The third kappa shape index (κ3) is 3.64. The first kappa shape index (κ1) is 14.6. The minimum absolute atomic E-state index is 0.131. The van der Waals surface area contributed by atoms with Crippen molar-refractivity contribution in [1.82, 2.24) is 15.3 Å². The predicted molar refractivity (Wildman–Crippen MR) is 83.8 cm³/mol. The van der Waals surface area contributed by atoms with E-state index in [0.717, 1.165) is 24.8 Å². The Labute approximate surface area is 127 Å². The molecule has 0 bridgehead atoms. The van der Waals surface area contributed by atoms with Gasteiger partial charge in [0.25, 0.3) is 0 Å². The van der Waals surface area contributed by atoms with Gasteiger partial charge in [0.1, 0.15) is 0 Å². The molecule has 5 nitrogen and oxygen atoms in total. The Morgan fingerprint density at radius 3 is 2.95 bits per heavy atom. The lowest BCUT2D eigenvalue weighted by atomic mass is 9.90. The second kappa shape index (κ2) is 6.60. The number of hydrogen-bond donors (Lipinski definition) is 1. The molecule has 0 aliphatic carbocycles. The molecule has 1 aromatic rings. The zero-order valence-electron chi connectivity index (χ0n) is 13.1. The van der Waals surface area contributed by atoms with Crippen molar-refractivity contribution in [3.63, 3.8) is 0 Å². The van der Waals surface area contributed by atoms with Crippen LogP contribution in [0.15, 0.2) is 12.4 Å². The molecule has 3 rings (SSSR count). The average molecular weight is 290 g/mol. The number of piperidine rings is 1. The summed E-state index contributed by atoms with van der Waals surface area (Å²) in [4.78, 5) is 11.3. The van der Waals surface area contributed by atoms with Crippen LogP contribution in [0.3, 0.4) is 0 Å².